The van der Waals surface area contributed by atoms with Crippen molar-refractivity contribution in [1.29, 1.82) is 0 Å². The van der Waals surface area contributed by atoms with E-state index in [2.05, 4.69) is 36.3 Å². The Balaban J connectivity index is 2.27. The van der Waals surface area contributed by atoms with E-state index < -0.39 is 0 Å². The third kappa shape index (κ3) is 2.21. The summed E-state index contributed by atoms with van der Waals surface area (Å²) in [6, 6.07) is 0. The van der Waals surface area contributed by atoms with Gasteiger partial charge in [-0.2, -0.15) is 0 Å². The number of allylic oxidation sites excluding steroid dienone is 5. The lowest BCUT2D eigenvalue weighted by molar-refractivity contribution is 0.0805. The number of hydrogen-bond acceptors (Lipinski definition) is 2. The van der Waals surface area contributed by atoms with Crippen LogP contribution in [0.2, 0.25) is 0 Å². The molecule has 2 heteroatoms. The van der Waals surface area contributed by atoms with Gasteiger partial charge in [0.05, 0.1) is 0 Å². The second-order valence-electron chi connectivity index (χ2n) is 3.97. The van der Waals surface area contributed by atoms with Crippen molar-refractivity contribution < 1.29 is 4.74 Å². The summed E-state index contributed by atoms with van der Waals surface area (Å²) in [7, 11) is 2.07. The molecular formula is C13H17NO. The molecule has 0 aromatic heterocycles. The summed E-state index contributed by atoms with van der Waals surface area (Å²) in [5, 5.41) is 0. The first-order chi connectivity index (χ1) is 7.31. The molecule has 2 rings (SSSR count). The predicted octanol–water partition coefficient (Wildman–Crippen LogP) is 2.62. The van der Waals surface area contributed by atoms with Gasteiger partial charge in [0.15, 0.2) is 0 Å². The standard InChI is InChI=1S/C13H17NO/c1-3-4-6-11-7-5-8-12-9-14(2)10-15-13(11)12/h3-6,8H,7,9-10H2,1-2H3/b4-3-,11-6+. The van der Waals surface area contributed by atoms with E-state index >= 15 is 0 Å². The second kappa shape index (κ2) is 4.49. The molecule has 2 nitrogen and oxygen atoms in total. The molecule has 0 unspecified atom stereocenters. The fourth-order valence-corrected chi connectivity index (χ4v) is 1.88. The Labute approximate surface area is 91.2 Å². The van der Waals surface area contributed by atoms with Crippen LogP contribution in [0.15, 0.2) is 47.3 Å². The maximum atomic E-state index is 5.76. The monoisotopic (exact) mass is 203 g/mol. The van der Waals surface area contributed by atoms with Gasteiger partial charge >= 0.3 is 0 Å². The third-order valence-corrected chi connectivity index (χ3v) is 2.60. The first-order valence-electron chi connectivity index (χ1n) is 5.34. The fraction of sp³-hybridized carbons (Fsp3) is 0.385. The minimum absolute atomic E-state index is 0.694. The lowest BCUT2D eigenvalue weighted by atomic mass is 9.98. The van der Waals surface area contributed by atoms with E-state index in [1.54, 1.807) is 0 Å². The van der Waals surface area contributed by atoms with Crippen LogP contribution in [-0.4, -0.2) is 25.2 Å². The highest BCUT2D eigenvalue weighted by Gasteiger charge is 2.20. The molecule has 15 heavy (non-hydrogen) atoms. The van der Waals surface area contributed by atoms with Crippen LogP contribution >= 0.6 is 0 Å². The van der Waals surface area contributed by atoms with Gasteiger partial charge in [-0.25, -0.2) is 0 Å². The van der Waals surface area contributed by atoms with Crippen LogP contribution in [0.4, 0.5) is 0 Å². The average molecular weight is 203 g/mol. The summed E-state index contributed by atoms with van der Waals surface area (Å²) in [6.07, 6.45) is 11.6. The number of likely N-dealkylation sites (N-methyl/N-ethyl adjacent to an activating group) is 1. The summed E-state index contributed by atoms with van der Waals surface area (Å²) in [5.74, 6) is 1.09. The molecule has 1 aliphatic carbocycles. The molecular weight excluding hydrogens is 186 g/mol. The molecule has 0 bridgehead atoms. The maximum Gasteiger partial charge on any atom is 0.142 e. The Bertz CT molecular complexity index is 361. The van der Waals surface area contributed by atoms with Crippen molar-refractivity contribution in [3.8, 4) is 0 Å². The average Bonchev–Trinajstić information content (AvgIpc) is 2.25. The van der Waals surface area contributed by atoms with Crippen molar-refractivity contribution in [2.75, 3.05) is 20.3 Å². The molecule has 0 amide bonds. The smallest absolute Gasteiger partial charge is 0.142 e. The molecule has 0 atom stereocenters. The van der Waals surface area contributed by atoms with Gasteiger partial charge in [0.2, 0.25) is 0 Å². The van der Waals surface area contributed by atoms with Crippen LogP contribution in [0.1, 0.15) is 13.3 Å². The van der Waals surface area contributed by atoms with Crippen molar-refractivity contribution in [2.24, 2.45) is 0 Å². The first-order valence-corrected chi connectivity index (χ1v) is 5.34. The number of ether oxygens (including phenoxy) is 1. The molecule has 0 fully saturated rings. The highest BCUT2D eigenvalue weighted by atomic mass is 16.5. The Morgan fingerprint density at radius 3 is 3.13 bits per heavy atom. The number of hydrogen-bond donors (Lipinski definition) is 0. The van der Waals surface area contributed by atoms with E-state index in [0.717, 1.165) is 18.7 Å². The van der Waals surface area contributed by atoms with Crippen molar-refractivity contribution in [3.63, 3.8) is 0 Å². The fourth-order valence-electron chi connectivity index (χ4n) is 1.88. The molecule has 0 spiro atoms. The lowest BCUT2D eigenvalue weighted by Crippen LogP contribution is -2.30. The van der Waals surface area contributed by atoms with Gasteiger partial charge in [0, 0.05) is 12.1 Å². The van der Waals surface area contributed by atoms with Crippen LogP contribution < -0.4 is 0 Å². The van der Waals surface area contributed by atoms with E-state index in [9.17, 15) is 0 Å². The molecule has 2 aliphatic rings. The molecule has 0 radical (unpaired) electrons. The maximum absolute atomic E-state index is 5.76. The van der Waals surface area contributed by atoms with Gasteiger partial charge in [-0.3, -0.25) is 4.90 Å². The Morgan fingerprint density at radius 2 is 2.33 bits per heavy atom. The quantitative estimate of drug-likeness (QED) is 0.649. The third-order valence-electron chi connectivity index (χ3n) is 2.60. The zero-order valence-corrected chi connectivity index (χ0v) is 9.36. The highest BCUT2D eigenvalue weighted by Crippen LogP contribution is 2.28. The Kier molecular flexibility index (Phi) is 3.07. The first kappa shape index (κ1) is 10.2. The van der Waals surface area contributed by atoms with E-state index in [-0.39, 0.29) is 0 Å². The van der Waals surface area contributed by atoms with Gasteiger partial charge in [-0.15, -0.1) is 0 Å². The van der Waals surface area contributed by atoms with Crippen LogP contribution in [-0.2, 0) is 4.74 Å². The van der Waals surface area contributed by atoms with Crippen LogP contribution in [0, 0.1) is 0 Å². The normalized spacial score (nSPS) is 24.8. The van der Waals surface area contributed by atoms with Crippen molar-refractivity contribution >= 4 is 0 Å². The van der Waals surface area contributed by atoms with Gasteiger partial charge in [0.1, 0.15) is 12.5 Å². The van der Waals surface area contributed by atoms with Gasteiger partial charge in [0.25, 0.3) is 0 Å². The van der Waals surface area contributed by atoms with Crippen molar-refractivity contribution in [1.82, 2.24) is 4.90 Å². The van der Waals surface area contributed by atoms with Crippen molar-refractivity contribution in [3.05, 3.63) is 47.3 Å². The summed E-state index contributed by atoms with van der Waals surface area (Å²) < 4.78 is 5.76. The van der Waals surface area contributed by atoms with Gasteiger partial charge < -0.3 is 4.74 Å². The Morgan fingerprint density at radius 1 is 1.47 bits per heavy atom. The molecule has 0 saturated carbocycles. The summed E-state index contributed by atoms with van der Waals surface area (Å²) >= 11 is 0. The number of nitrogens with zero attached hydrogens (tertiary/aromatic N) is 1. The van der Waals surface area contributed by atoms with E-state index in [1.165, 1.54) is 11.1 Å². The van der Waals surface area contributed by atoms with Gasteiger partial charge in [-0.1, -0.05) is 30.4 Å². The molecule has 0 saturated heterocycles. The molecule has 0 N–H and O–H groups in total. The Hall–Kier alpha value is -1.28. The molecule has 0 aromatic rings. The molecule has 1 aliphatic heterocycles. The van der Waals surface area contributed by atoms with Crippen LogP contribution in [0.25, 0.3) is 0 Å². The SMILES string of the molecule is C/C=C\C=C1/CC=CC2=C1OCN(C)C2. The summed E-state index contributed by atoms with van der Waals surface area (Å²) in [4.78, 5) is 2.17. The summed E-state index contributed by atoms with van der Waals surface area (Å²) in [6.45, 7) is 3.71. The summed E-state index contributed by atoms with van der Waals surface area (Å²) in [5.41, 5.74) is 2.59. The second-order valence-corrected chi connectivity index (χ2v) is 3.97. The minimum atomic E-state index is 0.694. The number of rotatable bonds is 1. The highest BCUT2D eigenvalue weighted by molar-refractivity contribution is 5.44. The zero-order chi connectivity index (χ0) is 10.7. The van der Waals surface area contributed by atoms with E-state index in [0.29, 0.717) is 6.73 Å². The topological polar surface area (TPSA) is 12.5 Å². The van der Waals surface area contributed by atoms with Gasteiger partial charge in [-0.05, 0) is 26.0 Å². The molecule has 80 valence electrons. The molecule has 0 aromatic carbocycles. The van der Waals surface area contributed by atoms with E-state index in [4.69, 9.17) is 4.74 Å². The van der Waals surface area contributed by atoms with Crippen LogP contribution in [0.3, 0.4) is 0 Å². The minimum Gasteiger partial charge on any atom is -0.478 e. The van der Waals surface area contributed by atoms with E-state index in [1.807, 2.05) is 13.0 Å². The van der Waals surface area contributed by atoms with Crippen molar-refractivity contribution in [2.45, 2.75) is 13.3 Å². The lowest BCUT2D eigenvalue weighted by Gasteiger charge is -2.29. The molecule has 1 heterocycles. The largest absolute Gasteiger partial charge is 0.478 e. The zero-order valence-electron chi connectivity index (χ0n) is 9.36. The van der Waals surface area contributed by atoms with Crippen LogP contribution in [0.5, 0.6) is 0 Å². The predicted molar refractivity (Wildman–Crippen MR) is 62.3 cm³/mol.